The van der Waals surface area contributed by atoms with Crippen molar-refractivity contribution in [1.82, 2.24) is 10.3 Å². The van der Waals surface area contributed by atoms with Gasteiger partial charge in [0.25, 0.3) is 0 Å². The zero-order chi connectivity index (χ0) is 18.4. The van der Waals surface area contributed by atoms with Crippen LogP contribution in [0.5, 0.6) is 5.75 Å². The van der Waals surface area contributed by atoms with Crippen LogP contribution in [0.15, 0.2) is 58.6 Å². The van der Waals surface area contributed by atoms with E-state index in [1.807, 2.05) is 35.8 Å². The van der Waals surface area contributed by atoms with E-state index < -0.39 is 0 Å². The molecule has 2 heterocycles. The monoisotopic (exact) mass is 430 g/mol. The number of carbonyl (C=O) groups is 1. The van der Waals surface area contributed by atoms with Gasteiger partial charge in [-0.05, 0) is 63.1 Å². The normalized spacial score (nSPS) is 10.5. The van der Waals surface area contributed by atoms with E-state index in [1.165, 1.54) is 4.88 Å². The second-order valence-electron chi connectivity index (χ2n) is 5.80. The molecule has 0 spiro atoms. The fraction of sp³-hybridized carbons (Fsp3) is 0.200. The van der Waals surface area contributed by atoms with Gasteiger partial charge >= 0.3 is 0 Å². The molecule has 26 heavy (non-hydrogen) atoms. The first-order valence-electron chi connectivity index (χ1n) is 8.22. The molecule has 1 aromatic carbocycles. The molecule has 4 nitrogen and oxygen atoms in total. The molecule has 6 heteroatoms. The van der Waals surface area contributed by atoms with Crippen LogP contribution >= 0.6 is 27.3 Å². The lowest BCUT2D eigenvalue weighted by Gasteiger charge is -2.08. The lowest BCUT2D eigenvalue weighted by Crippen LogP contribution is -2.23. The summed E-state index contributed by atoms with van der Waals surface area (Å²) in [7, 11) is 1.63. The fourth-order valence-electron chi connectivity index (χ4n) is 2.57. The summed E-state index contributed by atoms with van der Waals surface area (Å²) in [4.78, 5) is 17.6. The van der Waals surface area contributed by atoms with Gasteiger partial charge in [0, 0.05) is 35.8 Å². The number of aromatic nitrogens is 1. The predicted octanol–water partition coefficient (Wildman–Crippen LogP) is 4.83. The number of hydrogen-bond acceptors (Lipinski definition) is 4. The van der Waals surface area contributed by atoms with Gasteiger partial charge in [-0.3, -0.25) is 9.78 Å². The number of hydrogen-bond donors (Lipinski definition) is 1. The lowest BCUT2D eigenvalue weighted by atomic mass is 10.1. The van der Waals surface area contributed by atoms with Crippen LogP contribution in [0.1, 0.15) is 17.5 Å². The third-order valence-corrected chi connectivity index (χ3v) is 5.49. The SMILES string of the molecule is COc1ccc(CCC(=O)NCc2cncc(-c3cccs3)c2)cc1Br. The number of halogens is 1. The van der Waals surface area contributed by atoms with Gasteiger partial charge in [-0.15, -0.1) is 11.3 Å². The average molecular weight is 431 g/mol. The molecule has 0 aliphatic carbocycles. The molecule has 2 aromatic heterocycles. The van der Waals surface area contributed by atoms with Crippen molar-refractivity contribution in [2.45, 2.75) is 19.4 Å². The van der Waals surface area contributed by atoms with Gasteiger partial charge in [0.05, 0.1) is 11.6 Å². The highest BCUT2D eigenvalue weighted by Crippen LogP contribution is 2.26. The first-order chi connectivity index (χ1) is 12.7. The third kappa shape index (κ3) is 4.93. The lowest BCUT2D eigenvalue weighted by molar-refractivity contribution is -0.121. The summed E-state index contributed by atoms with van der Waals surface area (Å²) in [6.45, 7) is 0.483. The van der Waals surface area contributed by atoms with Crippen molar-refractivity contribution in [3.8, 4) is 16.2 Å². The highest BCUT2D eigenvalue weighted by atomic mass is 79.9. The molecular weight excluding hydrogens is 412 g/mol. The molecule has 0 saturated heterocycles. The maximum Gasteiger partial charge on any atom is 0.220 e. The van der Waals surface area contributed by atoms with Crippen LogP contribution in [0.25, 0.3) is 10.4 Å². The van der Waals surface area contributed by atoms with E-state index in [2.05, 4.69) is 38.4 Å². The Morgan fingerprint density at radius 3 is 2.85 bits per heavy atom. The number of carbonyl (C=O) groups excluding carboxylic acids is 1. The van der Waals surface area contributed by atoms with E-state index in [1.54, 1.807) is 24.6 Å². The molecule has 0 bridgehead atoms. The summed E-state index contributed by atoms with van der Waals surface area (Å²) in [5.41, 5.74) is 3.17. The molecule has 0 aliphatic rings. The molecule has 0 saturated carbocycles. The highest BCUT2D eigenvalue weighted by molar-refractivity contribution is 9.10. The quantitative estimate of drug-likeness (QED) is 0.583. The van der Waals surface area contributed by atoms with E-state index in [0.29, 0.717) is 19.4 Å². The van der Waals surface area contributed by atoms with Crippen LogP contribution < -0.4 is 10.1 Å². The van der Waals surface area contributed by atoms with Gasteiger partial charge < -0.3 is 10.1 Å². The number of nitrogens with zero attached hydrogens (tertiary/aromatic N) is 1. The highest BCUT2D eigenvalue weighted by Gasteiger charge is 2.06. The second-order valence-corrected chi connectivity index (χ2v) is 7.61. The largest absolute Gasteiger partial charge is 0.496 e. The zero-order valence-electron chi connectivity index (χ0n) is 14.4. The number of pyridine rings is 1. The van der Waals surface area contributed by atoms with Crippen molar-refractivity contribution in [3.63, 3.8) is 0 Å². The fourth-order valence-corrected chi connectivity index (χ4v) is 3.87. The Morgan fingerprint density at radius 2 is 2.12 bits per heavy atom. The Kier molecular flexibility index (Phi) is 6.41. The third-order valence-electron chi connectivity index (χ3n) is 3.95. The molecule has 0 atom stereocenters. The maximum absolute atomic E-state index is 12.1. The minimum atomic E-state index is 0.0264. The van der Waals surface area contributed by atoms with Crippen molar-refractivity contribution < 1.29 is 9.53 Å². The van der Waals surface area contributed by atoms with Crippen LogP contribution in [0, 0.1) is 0 Å². The molecule has 134 valence electrons. The van der Waals surface area contributed by atoms with Crippen LogP contribution in [0.4, 0.5) is 0 Å². The average Bonchev–Trinajstić information content (AvgIpc) is 3.20. The maximum atomic E-state index is 12.1. The summed E-state index contributed by atoms with van der Waals surface area (Å²) in [5, 5.41) is 5.01. The van der Waals surface area contributed by atoms with Gasteiger partial charge in [-0.25, -0.2) is 0 Å². The molecule has 0 radical (unpaired) electrons. The number of aryl methyl sites for hydroxylation is 1. The van der Waals surface area contributed by atoms with E-state index in [4.69, 9.17) is 4.74 Å². The molecule has 0 unspecified atom stereocenters. The number of amides is 1. The van der Waals surface area contributed by atoms with Crippen molar-refractivity contribution >= 4 is 33.2 Å². The molecule has 3 aromatic rings. The van der Waals surface area contributed by atoms with Crippen molar-refractivity contribution in [2.75, 3.05) is 7.11 Å². The van der Waals surface area contributed by atoms with Crippen LogP contribution in [0.2, 0.25) is 0 Å². The number of methoxy groups -OCH3 is 1. The summed E-state index contributed by atoms with van der Waals surface area (Å²) in [6.07, 6.45) is 4.76. The van der Waals surface area contributed by atoms with E-state index >= 15 is 0 Å². The predicted molar refractivity (Wildman–Crippen MR) is 108 cm³/mol. The number of benzene rings is 1. The minimum absolute atomic E-state index is 0.0264. The van der Waals surface area contributed by atoms with E-state index in [0.717, 1.165) is 26.9 Å². The topological polar surface area (TPSA) is 51.2 Å². The molecule has 1 amide bonds. The molecule has 3 rings (SSSR count). The van der Waals surface area contributed by atoms with Gasteiger partial charge in [-0.2, -0.15) is 0 Å². The Balaban J connectivity index is 1.51. The smallest absolute Gasteiger partial charge is 0.220 e. The molecule has 0 aliphatic heterocycles. The van der Waals surface area contributed by atoms with E-state index in [-0.39, 0.29) is 5.91 Å². The number of nitrogens with one attached hydrogen (secondary N) is 1. The molecule has 0 fully saturated rings. The standard InChI is InChI=1S/C20H19BrN2O2S/c1-25-18-6-4-14(10-17(18)21)5-7-20(24)23-12-15-9-16(13-22-11-15)19-3-2-8-26-19/h2-4,6,8-11,13H,5,7,12H2,1H3,(H,23,24). The van der Waals surface area contributed by atoms with E-state index in [9.17, 15) is 4.79 Å². The minimum Gasteiger partial charge on any atom is -0.496 e. The van der Waals surface area contributed by atoms with Gasteiger partial charge in [0.2, 0.25) is 5.91 Å². The van der Waals surface area contributed by atoms with Crippen molar-refractivity contribution in [2.24, 2.45) is 0 Å². The number of rotatable bonds is 7. The molecule has 1 N–H and O–H groups in total. The first-order valence-corrected chi connectivity index (χ1v) is 9.90. The summed E-state index contributed by atoms with van der Waals surface area (Å²) in [5.74, 6) is 0.815. The Morgan fingerprint density at radius 1 is 1.23 bits per heavy atom. The van der Waals surface area contributed by atoms with Gasteiger partial charge in [-0.1, -0.05) is 12.1 Å². The first kappa shape index (κ1) is 18.6. The summed E-state index contributed by atoms with van der Waals surface area (Å²) in [6, 6.07) is 12.0. The summed E-state index contributed by atoms with van der Waals surface area (Å²) >= 11 is 5.15. The summed E-state index contributed by atoms with van der Waals surface area (Å²) < 4.78 is 6.12. The van der Waals surface area contributed by atoms with Crippen LogP contribution in [0.3, 0.4) is 0 Å². The van der Waals surface area contributed by atoms with Crippen molar-refractivity contribution in [1.29, 1.82) is 0 Å². The second kappa shape index (κ2) is 8.96. The van der Waals surface area contributed by atoms with Crippen LogP contribution in [-0.2, 0) is 17.8 Å². The number of ether oxygens (including phenoxy) is 1. The van der Waals surface area contributed by atoms with Crippen LogP contribution in [-0.4, -0.2) is 18.0 Å². The van der Waals surface area contributed by atoms with Gasteiger partial charge in [0.15, 0.2) is 0 Å². The van der Waals surface area contributed by atoms with Gasteiger partial charge in [0.1, 0.15) is 5.75 Å². The number of thiophene rings is 1. The molecular formula is C20H19BrN2O2S. The van der Waals surface area contributed by atoms with Crippen molar-refractivity contribution in [3.05, 3.63) is 69.8 Å². The zero-order valence-corrected chi connectivity index (χ0v) is 16.8. The Bertz CT molecular complexity index is 881. The Hall–Kier alpha value is -2.18. The Labute approximate surface area is 165 Å².